The van der Waals surface area contributed by atoms with Crippen LogP contribution in [0.2, 0.25) is 0 Å². The SMILES string of the molecule is COc1cccc(Br)c1-c1ccccc1[N+](=O)[O-]. The third-order valence-corrected chi connectivity index (χ3v) is 3.23. The van der Waals surface area contributed by atoms with Crippen molar-refractivity contribution in [3.8, 4) is 16.9 Å². The van der Waals surface area contributed by atoms with Crippen LogP contribution in [0, 0.1) is 10.1 Å². The van der Waals surface area contributed by atoms with Crippen LogP contribution in [0.15, 0.2) is 46.9 Å². The highest BCUT2D eigenvalue weighted by atomic mass is 79.9. The van der Waals surface area contributed by atoms with E-state index in [1.54, 1.807) is 31.4 Å². The van der Waals surface area contributed by atoms with Gasteiger partial charge in [-0.15, -0.1) is 0 Å². The Labute approximate surface area is 112 Å². The minimum atomic E-state index is -0.395. The van der Waals surface area contributed by atoms with Crippen molar-refractivity contribution < 1.29 is 9.66 Å². The molecule has 18 heavy (non-hydrogen) atoms. The number of nitrogens with zero attached hydrogens (tertiary/aromatic N) is 1. The number of nitro groups is 1. The van der Waals surface area contributed by atoms with Crippen molar-refractivity contribution in [2.24, 2.45) is 0 Å². The third-order valence-electron chi connectivity index (χ3n) is 2.57. The molecule has 0 saturated heterocycles. The molecule has 0 unspecified atom stereocenters. The molecule has 0 aliphatic carbocycles. The van der Waals surface area contributed by atoms with E-state index in [9.17, 15) is 10.1 Å². The Morgan fingerprint density at radius 1 is 1.17 bits per heavy atom. The van der Waals surface area contributed by atoms with Crippen LogP contribution in [0.4, 0.5) is 5.69 Å². The molecule has 0 N–H and O–H groups in total. The lowest BCUT2D eigenvalue weighted by Gasteiger charge is -2.10. The molecule has 2 aromatic carbocycles. The molecule has 0 bridgehead atoms. The first-order valence-electron chi connectivity index (χ1n) is 5.21. The molecule has 92 valence electrons. The second-order valence-electron chi connectivity index (χ2n) is 3.59. The van der Waals surface area contributed by atoms with Crippen molar-refractivity contribution in [3.05, 3.63) is 57.1 Å². The van der Waals surface area contributed by atoms with Crippen molar-refractivity contribution in [2.45, 2.75) is 0 Å². The van der Waals surface area contributed by atoms with Gasteiger partial charge in [-0.25, -0.2) is 0 Å². The van der Waals surface area contributed by atoms with Gasteiger partial charge in [0.2, 0.25) is 0 Å². The molecule has 0 atom stereocenters. The highest BCUT2D eigenvalue weighted by molar-refractivity contribution is 9.10. The largest absolute Gasteiger partial charge is 0.496 e. The maximum atomic E-state index is 11.1. The van der Waals surface area contributed by atoms with Crippen LogP contribution < -0.4 is 4.74 Å². The first kappa shape index (κ1) is 12.6. The Balaban J connectivity index is 2.73. The molecule has 0 saturated carbocycles. The molecule has 0 aliphatic rings. The second kappa shape index (κ2) is 5.18. The molecule has 0 aliphatic heterocycles. The van der Waals surface area contributed by atoms with E-state index in [1.807, 2.05) is 12.1 Å². The Kier molecular flexibility index (Phi) is 3.62. The molecule has 2 aromatic rings. The number of ether oxygens (including phenoxy) is 1. The zero-order valence-electron chi connectivity index (χ0n) is 9.59. The monoisotopic (exact) mass is 307 g/mol. The maximum Gasteiger partial charge on any atom is 0.277 e. The Morgan fingerprint density at radius 3 is 2.56 bits per heavy atom. The minimum absolute atomic E-state index is 0.0581. The van der Waals surface area contributed by atoms with Crippen LogP contribution in [0.5, 0.6) is 5.75 Å². The first-order chi connectivity index (χ1) is 8.65. The summed E-state index contributed by atoms with van der Waals surface area (Å²) in [6.45, 7) is 0. The highest BCUT2D eigenvalue weighted by Gasteiger charge is 2.19. The zero-order valence-corrected chi connectivity index (χ0v) is 11.2. The molecule has 0 radical (unpaired) electrons. The number of halogens is 1. The lowest BCUT2D eigenvalue weighted by molar-refractivity contribution is -0.384. The van der Waals surface area contributed by atoms with E-state index < -0.39 is 4.92 Å². The molecule has 0 heterocycles. The standard InChI is InChI=1S/C13H10BrNO3/c1-18-12-8-4-6-10(14)13(12)9-5-2-3-7-11(9)15(16)17/h2-8H,1H3. The van der Waals surface area contributed by atoms with Gasteiger partial charge in [0.25, 0.3) is 5.69 Å². The summed E-state index contributed by atoms with van der Waals surface area (Å²) in [7, 11) is 1.54. The Hall–Kier alpha value is -1.88. The van der Waals surface area contributed by atoms with Crippen LogP contribution in [0.1, 0.15) is 0 Å². The molecule has 0 spiro atoms. The predicted molar refractivity (Wildman–Crippen MR) is 72.8 cm³/mol. The van der Waals surface area contributed by atoms with Gasteiger partial charge in [0.05, 0.1) is 17.6 Å². The normalized spacial score (nSPS) is 10.1. The topological polar surface area (TPSA) is 52.4 Å². The molecule has 0 fully saturated rings. The fraction of sp³-hybridized carbons (Fsp3) is 0.0769. The predicted octanol–water partition coefficient (Wildman–Crippen LogP) is 4.03. The van der Waals surface area contributed by atoms with Crippen LogP contribution in [0.25, 0.3) is 11.1 Å². The Morgan fingerprint density at radius 2 is 1.89 bits per heavy atom. The number of methoxy groups -OCH3 is 1. The molecule has 5 heteroatoms. The van der Waals surface area contributed by atoms with Gasteiger partial charge < -0.3 is 4.74 Å². The van der Waals surface area contributed by atoms with Gasteiger partial charge in [-0.1, -0.05) is 34.1 Å². The quantitative estimate of drug-likeness (QED) is 0.635. The van der Waals surface area contributed by atoms with Crippen LogP contribution in [-0.2, 0) is 0 Å². The van der Waals surface area contributed by atoms with Crippen molar-refractivity contribution in [2.75, 3.05) is 7.11 Å². The Bertz CT molecular complexity index is 599. The van der Waals surface area contributed by atoms with E-state index in [4.69, 9.17) is 4.74 Å². The fourth-order valence-corrected chi connectivity index (χ4v) is 2.34. The smallest absolute Gasteiger partial charge is 0.277 e. The van der Waals surface area contributed by atoms with Crippen molar-refractivity contribution in [3.63, 3.8) is 0 Å². The van der Waals surface area contributed by atoms with Gasteiger partial charge in [0, 0.05) is 16.1 Å². The lowest BCUT2D eigenvalue weighted by Crippen LogP contribution is -1.94. The maximum absolute atomic E-state index is 11.1. The average molecular weight is 308 g/mol. The van der Waals surface area contributed by atoms with E-state index in [2.05, 4.69) is 15.9 Å². The number of para-hydroxylation sites is 1. The summed E-state index contributed by atoms with van der Waals surface area (Å²) in [5, 5.41) is 11.1. The van der Waals surface area contributed by atoms with Gasteiger partial charge in [-0.3, -0.25) is 10.1 Å². The summed E-state index contributed by atoms with van der Waals surface area (Å²) in [5.74, 6) is 0.596. The van der Waals surface area contributed by atoms with Crippen molar-refractivity contribution >= 4 is 21.6 Å². The summed E-state index contributed by atoms with van der Waals surface area (Å²) in [4.78, 5) is 10.7. The molecular formula is C13H10BrNO3. The lowest BCUT2D eigenvalue weighted by atomic mass is 10.0. The number of nitro benzene ring substituents is 1. The summed E-state index contributed by atoms with van der Waals surface area (Å²) in [6, 6.07) is 12.0. The number of hydrogen-bond acceptors (Lipinski definition) is 3. The molecule has 2 rings (SSSR count). The van der Waals surface area contributed by atoms with Crippen LogP contribution in [-0.4, -0.2) is 12.0 Å². The highest BCUT2D eigenvalue weighted by Crippen LogP contribution is 2.40. The van der Waals surface area contributed by atoms with Gasteiger partial charge in [-0.2, -0.15) is 0 Å². The van der Waals surface area contributed by atoms with E-state index in [0.717, 1.165) is 4.47 Å². The number of rotatable bonds is 3. The second-order valence-corrected chi connectivity index (χ2v) is 4.45. The van der Waals surface area contributed by atoms with Gasteiger partial charge in [0.1, 0.15) is 5.75 Å². The number of benzene rings is 2. The average Bonchev–Trinajstić information content (AvgIpc) is 2.38. The molecule has 0 aromatic heterocycles. The summed E-state index contributed by atoms with van der Waals surface area (Å²) < 4.78 is 6.02. The van der Waals surface area contributed by atoms with Crippen molar-refractivity contribution in [1.82, 2.24) is 0 Å². The van der Waals surface area contributed by atoms with Crippen LogP contribution in [0.3, 0.4) is 0 Å². The zero-order chi connectivity index (χ0) is 13.1. The summed E-state index contributed by atoms with van der Waals surface area (Å²) in [6.07, 6.45) is 0. The van der Waals surface area contributed by atoms with Crippen molar-refractivity contribution in [1.29, 1.82) is 0 Å². The molecule has 4 nitrogen and oxygen atoms in total. The summed E-state index contributed by atoms with van der Waals surface area (Å²) >= 11 is 3.41. The molecular weight excluding hydrogens is 298 g/mol. The third kappa shape index (κ3) is 2.22. The first-order valence-corrected chi connectivity index (χ1v) is 6.00. The summed E-state index contributed by atoms with van der Waals surface area (Å²) in [5.41, 5.74) is 1.28. The fourth-order valence-electron chi connectivity index (χ4n) is 1.78. The van der Waals surface area contributed by atoms with Gasteiger partial charge >= 0.3 is 0 Å². The van der Waals surface area contributed by atoms with Gasteiger partial charge in [0.15, 0.2) is 0 Å². The molecule has 0 amide bonds. The van der Waals surface area contributed by atoms with E-state index in [0.29, 0.717) is 16.9 Å². The van der Waals surface area contributed by atoms with E-state index in [1.165, 1.54) is 6.07 Å². The number of hydrogen-bond donors (Lipinski definition) is 0. The van der Waals surface area contributed by atoms with Crippen LogP contribution >= 0.6 is 15.9 Å². The van der Waals surface area contributed by atoms with E-state index in [-0.39, 0.29) is 5.69 Å². The minimum Gasteiger partial charge on any atom is -0.496 e. The van der Waals surface area contributed by atoms with Gasteiger partial charge in [-0.05, 0) is 18.2 Å². The van der Waals surface area contributed by atoms with E-state index >= 15 is 0 Å².